The zero-order valence-corrected chi connectivity index (χ0v) is 13.3. The Kier molecular flexibility index (Phi) is 3.68. The third-order valence-corrected chi connectivity index (χ3v) is 5.42. The van der Waals surface area contributed by atoms with Crippen LogP contribution < -0.4 is 4.74 Å². The van der Waals surface area contributed by atoms with E-state index in [2.05, 4.69) is 9.97 Å². The summed E-state index contributed by atoms with van der Waals surface area (Å²) in [6.45, 7) is 0.867. The third-order valence-electron chi connectivity index (χ3n) is 5.42. The third kappa shape index (κ3) is 2.67. The molecule has 4 nitrogen and oxygen atoms in total. The number of methoxy groups -OCH3 is 1. The van der Waals surface area contributed by atoms with Crippen LogP contribution in [0.5, 0.6) is 5.88 Å². The fourth-order valence-electron chi connectivity index (χ4n) is 3.91. The molecule has 0 amide bonds. The Hall–Kier alpha value is -1.75. The molecule has 1 aliphatic carbocycles. The molecule has 0 N–H and O–H groups in total. The van der Waals surface area contributed by atoms with Crippen LogP contribution in [0.3, 0.4) is 0 Å². The number of aryl methyl sites for hydroxylation is 1. The fourth-order valence-corrected chi connectivity index (χ4v) is 3.91. The van der Waals surface area contributed by atoms with Crippen molar-refractivity contribution in [1.82, 2.24) is 9.97 Å². The van der Waals surface area contributed by atoms with Gasteiger partial charge in [-0.15, -0.1) is 0 Å². The Labute approximate surface area is 135 Å². The summed E-state index contributed by atoms with van der Waals surface area (Å²) in [6.07, 6.45) is 7.43. The molecule has 2 bridgehead atoms. The molecule has 2 aliphatic heterocycles. The first-order valence-electron chi connectivity index (χ1n) is 8.31. The minimum absolute atomic E-state index is 0.0599. The topological polar surface area (TPSA) is 44.2 Å². The van der Waals surface area contributed by atoms with Gasteiger partial charge in [0.1, 0.15) is 5.82 Å². The number of ether oxygens (including phenoxy) is 2. The van der Waals surface area contributed by atoms with E-state index in [4.69, 9.17) is 9.47 Å². The molecule has 0 radical (unpaired) electrons. The lowest BCUT2D eigenvalue weighted by Crippen LogP contribution is -2.45. The van der Waals surface area contributed by atoms with Gasteiger partial charge < -0.3 is 9.47 Å². The highest BCUT2D eigenvalue weighted by atomic mass is 19.1. The molecule has 23 heavy (non-hydrogen) atoms. The van der Waals surface area contributed by atoms with E-state index in [9.17, 15) is 4.39 Å². The maximum absolute atomic E-state index is 14.4. The Morgan fingerprint density at radius 1 is 1.35 bits per heavy atom. The first kappa shape index (κ1) is 14.8. The van der Waals surface area contributed by atoms with Crippen molar-refractivity contribution in [2.24, 2.45) is 5.92 Å². The van der Waals surface area contributed by atoms with Gasteiger partial charge in [0.25, 0.3) is 0 Å². The van der Waals surface area contributed by atoms with E-state index in [1.807, 2.05) is 6.07 Å². The van der Waals surface area contributed by atoms with Crippen molar-refractivity contribution in [1.29, 1.82) is 0 Å². The second kappa shape index (κ2) is 5.71. The van der Waals surface area contributed by atoms with Crippen molar-refractivity contribution in [3.05, 3.63) is 29.7 Å². The number of rotatable bonds is 4. The lowest BCUT2D eigenvalue weighted by molar-refractivity contribution is -0.147. The molecule has 122 valence electrons. The number of hydrogen-bond acceptors (Lipinski definition) is 4. The average Bonchev–Trinajstić information content (AvgIpc) is 2.62. The second-order valence-corrected chi connectivity index (χ2v) is 6.74. The van der Waals surface area contributed by atoms with Crippen LogP contribution in [0.4, 0.5) is 4.39 Å². The van der Waals surface area contributed by atoms with Crippen molar-refractivity contribution < 1.29 is 13.9 Å². The molecule has 4 heterocycles. The van der Waals surface area contributed by atoms with E-state index in [0.717, 1.165) is 31.8 Å². The van der Waals surface area contributed by atoms with E-state index in [0.29, 0.717) is 28.9 Å². The van der Waals surface area contributed by atoms with Crippen LogP contribution in [-0.4, -0.2) is 29.3 Å². The highest BCUT2D eigenvalue weighted by molar-refractivity contribution is 5.78. The second-order valence-electron chi connectivity index (χ2n) is 6.74. The maximum Gasteiger partial charge on any atom is 0.213 e. The van der Waals surface area contributed by atoms with E-state index < -0.39 is 0 Å². The molecule has 2 aromatic rings. The first-order chi connectivity index (χ1) is 11.2. The molecule has 0 unspecified atom stereocenters. The Bertz CT molecular complexity index is 713. The molecule has 0 aromatic carbocycles. The molecule has 0 spiro atoms. The summed E-state index contributed by atoms with van der Waals surface area (Å²) in [5.74, 6) is 0.930. The van der Waals surface area contributed by atoms with E-state index in [-0.39, 0.29) is 11.4 Å². The summed E-state index contributed by atoms with van der Waals surface area (Å²) in [5, 5.41) is 0. The number of hydrogen-bond donors (Lipinski definition) is 0. The number of halogens is 1. The van der Waals surface area contributed by atoms with Crippen molar-refractivity contribution in [2.45, 2.75) is 44.1 Å². The van der Waals surface area contributed by atoms with Gasteiger partial charge >= 0.3 is 0 Å². The van der Waals surface area contributed by atoms with Gasteiger partial charge in [-0.2, -0.15) is 0 Å². The van der Waals surface area contributed by atoms with Gasteiger partial charge in [0, 0.05) is 11.6 Å². The van der Waals surface area contributed by atoms with Gasteiger partial charge in [-0.25, -0.2) is 9.37 Å². The van der Waals surface area contributed by atoms with Crippen molar-refractivity contribution in [2.75, 3.05) is 13.7 Å². The van der Waals surface area contributed by atoms with Gasteiger partial charge in [0.2, 0.25) is 5.88 Å². The maximum atomic E-state index is 14.4. The molecule has 3 aliphatic rings. The highest BCUT2D eigenvalue weighted by Gasteiger charge is 2.41. The molecule has 0 atom stereocenters. The largest absolute Gasteiger partial charge is 0.481 e. The molecule has 2 saturated heterocycles. The smallest absolute Gasteiger partial charge is 0.213 e. The summed E-state index contributed by atoms with van der Waals surface area (Å²) in [6, 6.07) is 3.58. The van der Waals surface area contributed by atoms with E-state index in [1.165, 1.54) is 19.0 Å². The first-order valence-corrected chi connectivity index (χ1v) is 8.31. The lowest BCUT2D eigenvalue weighted by atomic mass is 9.73. The van der Waals surface area contributed by atoms with Gasteiger partial charge in [-0.3, -0.25) is 4.98 Å². The van der Waals surface area contributed by atoms with Gasteiger partial charge in [0.05, 0.1) is 36.5 Å². The number of pyridine rings is 2. The fraction of sp³-hybridized carbons (Fsp3) is 0.556. The van der Waals surface area contributed by atoms with Crippen LogP contribution >= 0.6 is 0 Å². The molecular formula is C18H21FN2O2. The molecule has 5 rings (SSSR count). The number of fused-ring (bicyclic) bond motifs is 4. The molecule has 1 saturated carbocycles. The van der Waals surface area contributed by atoms with Gasteiger partial charge in [-0.1, -0.05) is 0 Å². The summed E-state index contributed by atoms with van der Waals surface area (Å²) in [5.41, 5.74) is 1.87. The zero-order valence-electron chi connectivity index (χ0n) is 13.3. The highest BCUT2D eigenvalue weighted by Crippen LogP contribution is 2.43. The van der Waals surface area contributed by atoms with E-state index >= 15 is 0 Å². The van der Waals surface area contributed by atoms with Gasteiger partial charge in [-0.05, 0) is 50.5 Å². The summed E-state index contributed by atoms with van der Waals surface area (Å²) in [7, 11) is 1.56. The number of aromatic nitrogens is 2. The van der Waals surface area contributed by atoms with E-state index in [1.54, 1.807) is 13.2 Å². The Balaban J connectivity index is 1.64. The molecule has 5 heteroatoms. The van der Waals surface area contributed by atoms with Gasteiger partial charge in [0.15, 0.2) is 0 Å². The summed E-state index contributed by atoms with van der Waals surface area (Å²) < 4.78 is 25.6. The van der Waals surface area contributed by atoms with Crippen LogP contribution in [0.25, 0.3) is 11.0 Å². The monoisotopic (exact) mass is 316 g/mol. The standard InChI is InChI=1S/C18H21FN2O2/c1-22-16-3-2-15-17(21-16)13(14(19)10-20-15)6-9-18-7-4-12(5-8-18)11-23-18/h2-3,10,12H,4-9,11H2,1H3. The predicted octanol–water partition coefficient (Wildman–Crippen LogP) is 3.67. The quantitative estimate of drug-likeness (QED) is 0.863. The Morgan fingerprint density at radius 3 is 2.87 bits per heavy atom. The molecule has 3 fully saturated rings. The zero-order chi connectivity index (χ0) is 15.9. The lowest BCUT2D eigenvalue weighted by Gasteiger charge is -2.46. The normalized spacial score (nSPS) is 26.6. The van der Waals surface area contributed by atoms with Crippen LogP contribution in [0.2, 0.25) is 0 Å². The van der Waals surface area contributed by atoms with Crippen LogP contribution in [0, 0.1) is 11.7 Å². The predicted molar refractivity (Wildman–Crippen MR) is 85.0 cm³/mol. The SMILES string of the molecule is COc1ccc2ncc(F)c(CCC34CCC(CC3)CO4)c2n1. The molecular weight excluding hydrogens is 295 g/mol. The summed E-state index contributed by atoms with van der Waals surface area (Å²) in [4.78, 5) is 8.54. The molecule has 2 aromatic heterocycles. The van der Waals surface area contributed by atoms with Crippen LogP contribution in [0.15, 0.2) is 18.3 Å². The Morgan fingerprint density at radius 2 is 2.17 bits per heavy atom. The van der Waals surface area contributed by atoms with Crippen LogP contribution in [0.1, 0.15) is 37.7 Å². The number of nitrogens with zero attached hydrogens (tertiary/aromatic N) is 2. The van der Waals surface area contributed by atoms with Crippen molar-refractivity contribution >= 4 is 11.0 Å². The summed E-state index contributed by atoms with van der Waals surface area (Å²) >= 11 is 0. The average molecular weight is 316 g/mol. The minimum atomic E-state index is -0.292. The minimum Gasteiger partial charge on any atom is -0.481 e. The van der Waals surface area contributed by atoms with Crippen LogP contribution in [-0.2, 0) is 11.2 Å². The van der Waals surface area contributed by atoms with Crippen molar-refractivity contribution in [3.63, 3.8) is 0 Å². The van der Waals surface area contributed by atoms with Crippen molar-refractivity contribution in [3.8, 4) is 5.88 Å².